The number of carboxylic acids is 1. The van der Waals surface area contributed by atoms with Crippen LogP contribution in [0.2, 0.25) is 5.02 Å². The summed E-state index contributed by atoms with van der Waals surface area (Å²) in [5.41, 5.74) is 1.43. The van der Waals surface area contributed by atoms with Crippen molar-refractivity contribution >= 4 is 56.6 Å². The molecular formula is C17H11BrClNO2S2. The van der Waals surface area contributed by atoms with E-state index in [0.717, 1.165) is 19.8 Å². The van der Waals surface area contributed by atoms with Crippen LogP contribution in [0.25, 0.3) is 10.6 Å². The predicted molar refractivity (Wildman–Crippen MR) is 103 cm³/mol. The smallest absolute Gasteiger partial charge is 0.347 e. The molecule has 3 aromatic rings. The lowest BCUT2D eigenvalue weighted by Crippen LogP contribution is -1.94. The molecule has 1 heterocycles. The van der Waals surface area contributed by atoms with Gasteiger partial charge in [-0.2, -0.15) is 0 Å². The van der Waals surface area contributed by atoms with E-state index in [1.54, 1.807) is 18.7 Å². The summed E-state index contributed by atoms with van der Waals surface area (Å²) >= 11 is 12.3. The fraction of sp³-hybridized carbons (Fsp3) is 0.0588. The Kier molecular flexibility index (Phi) is 5.30. The molecule has 122 valence electrons. The van der Waals surface area contributed by atoms with Crippen molar-refractivity contribution < 1.29 is 9.90 Å². The van der Waals surface area contributed by atoms with E-state index in [-0.39, 0.29) is 4.88 Å². The lowest BCUT2D eigenvalue weighted by Gasteiger charge is -2.06. The molecule has 3 nitrogen and oxygen atoms in total. The second-order valence-electron chi connectivity index (χ2n) is 4.94. The molecule has 2 aromatic carbocycles. The van der Waals surface area contributed by atoms with Crippen molar-refractivity contribution in [2.24, 2.45) is 0 Å². The predicted octanol–water partition coefficient (Wildman–Crippen LogP) is 6.38. The van der Waals surface area contributed by atoms with E-state index in [1.807, 2.05) is 42.5 Å². The van der Waals surface area contributed by atoms with Gasteiger partial charge in [-0.3, -0.25) is 0 Å². The molecule has 1 N–H and O–H groups in total. The number of aryl methyl sites for hydroxylation is 1. The average Bonchev–Trinajstić information content (AvgIpc) is 2.93. The van der Waals surface area contributed by atoms with Gasteiger partial charge in [-0.25, -0.2) is 9.78 Å². The van der Waals surface area contributed by atoms with Gasteiger partial charge in [0.15, 0.2) is 0 Å². The van der Waals surface area contributed by atoms with E-state index in [9.17, 15) is 4.79 Å². The number of hydrogen-bond acceptors (Lipinski definition) is 4. The van der Waals surface area contributed by atoms with Crippen LogP contribution < -0.4 is 0 Å². The van der Waals surface area contributed by atoms with Gasteiger partial charge in [0.2, 0.25) is 0 Å². The highest BCUT2D eigenvalue weighted by molar-refractivity contribution is 9.10. The first kappa shape index (κ1) is 17.5. The van der Waals surface area contributed by atoms with Crippen LogP contribution in [0.3, 0.4) is 0 Å². The molecule has 0 bridgehead atoms. The third-order valence-corrected chi connectivity index (χ3v) is 6.66. The number of hydrogen-bond donors (Lipinski definition) is 1. The monoisotopic (exact) mass is 439 g/mol. The third-order valence-electron chi connectivity index (χ3n) is 3.21. The normalized spacial score (nSPS) is 10.8. The lowest BCUT2D eigenvalue weighted by atomic mass is 10.2. The number of thiazole rings is 1. The van der Waals surface area contributed by atoms with Crippen LogP contribution in [0.15, 0.2) is 56.7 Å². The van der Waals surface area contributed by atoms with Crippen molar-refractivity contribution in [2.75, 3.05) is 0 Å². The summed E-state index contributed by atoms with van der Waals surface area (Å²) in [6, 6.07) is 13.6. The Morgan fingerprint density at radius 1 is 1.25 bits per heavy atom. The molecule has 0 radical (unpaired) electrons. The second kappa shape index (κ2) is 7.27. The second-order valence-corrected chi connectivity index (χ2v) is 8.35. The Morgan fingerprint density at radius 2 is 1.96 bits per heavy atom. The van der Waals surface area contributed by atoms with Crippen LogP contribution in [0.1, 0.15) is 15.4 Å². The van der Waals surface area contributed by atoms with Crippen molar-refractivity contribution in [3.8, 4) is 10.6 Å². The Morgan fingerprint density at radius 3 is 2.54 bits per heavy atom. The van der Waals surface area contributed by atoms with Crippen LogP contribution in [0.5, 0.6) is 0 Å². The molecule has 0 unspecified atom stereocenters. The van der Waals surface area contributed by atoms with Crippen molar-refractivity contribution in [3.63, 3.8) is 0 Å². The third kappa shape index (κ3) is 3.83. The lowest BCUT2D eigenvalue weighted by molar-refractivity contribution is 0.0701. The van der Waals surface area contributed by atoms with Crippen molar-refractivity contribution in [1.29, 1.82) is 0 Å². The van der Waals surface area contributed by atoms with Crippen LogP contribution in [-0.4, -0.2) is 16.1 Å². The standard InChI is InChI=1S/C17H11BrClNO2S2/c1-9-15(17(21)22)24-16(20-9)10-2-7-14(13(18)8-10)23-12-5-3-11(19)4-6-12/h2-8H,1H3,(H,21,22). The topological polar surface area (TPSA) is 50.2 Å². The number of carboxylic acid groups (broad SMARTS) is 1. The summed E-state index contributed by atoms with van der Waals surface area (Å²) in [6.45, 7) is 1.71. The minimum Gasteiger partial charge on any atom is -0.477 e. The molecule has 0 spiro atoms. The highest BCUT2D eigenvalue weighted by Crippen LogP contribution is 2.37. The Bertz CT molecular complexity index is 909. The quantitative estimate of drug-likeness (QED) is 0.511. The molecule has 0 aliphatic rings. The Labute approximate surface area is 160 Å². The first-order chi connectivity index (χ1) is 11.4. The number of benzene rings is 2. The van der Waals surface area contributed by atoms with Gasteiger partial charge in [-0.1, -0.05) is 29.4 Å². The zero-order chi connectivity index (χ0) is 17.3. The maximum absolute atomic E-state index is 11.2. The summed E-state index contributed by atoms with van der Waals surface area (Å²) in [7, 11) is 0. The van der Waals surface area contributed by atoms with Gasteiger partial charge in [0.05, 0.1) is 5.69 Å². The van der Waals surface area contributed by atoms with Gasteiger partial charge in [-0.05, 0) is 59.3 Å². The molecule has 0 atom stereocenters. The van der Waals surface area contributed by atoms with E-state index in [4.69, 9.17) is 16.7 Å². The SMILES string of the molecule is Cc1nc(-c2ccc(Sc3ccc(Cl)cc3)c(Br)c2)sc1C(=O)O. The van der Waals surface area contributed by atoms with Crippen LogP contribution >= 0.6 is 50.6 Å². The summed E-state index contributed by atoms with van der Waals surface area (Å²) < 4.78 is 0.935. The molecule has 0 saturated carbocycles. The number of carbonyl (C=O) groups is 1. The number of nitrogens with zero attached hydrogens (tertiary/aromatic N) is 1. The minimum atomic E-state index is -0.940. The first-order valence-electron chi connectivity index (χ1n) is 6.88. The van der Waals surface area contributed by atoms with Crippen molar-refractivity contribution in [1.82, 2.24) is 4.98 Å². The van der Waals surface area contributed by atoms with E-state index >= 15 is 0 Å². The zero-order valence-corrected chi connectivity index (χ0v) is 16.4. The molecule has 1 aromatic heterocycles. The van der Waals surface area contributed by atoms with E-state index in [1.165, 1.54) is 11.3 Å². The molecule has 0 amide bonds. The molecule has 0 fully saturated rings. The molecular weight excluding hydrogens is 430 g/mol. The Balaban J connectivity index is 1.88. The number of aromatic nitrogens is 1. The first-order valence-corrected chi connectivity index (χ1v) is 9.68. The van der Waals surface area contributed by atoms with Gasteiger partial charge < -0.3 is 5.11 Å². The van der Waals surface area contributed by atoms with E-state index < -0.39 is 5.97 Å². The minimum absolute atomic E-state index is 0.278. The molecule has 7 heteroatoms. The summed E-state index contributed by atoms with van der Waals surface area (Å²) in [4.78, 5) is 18.0. The number of rotatable bonds is 4. The summed E-state index contributed by atoms with van der Waals surface area (Å²) in [5, 5.41) is 10.6. The maximum Gasteiger partial charge on any atom is 0.347 e. The van der Waals surface area contributed by atoms with Crippen molar-refractivity contribution in [3.05, 3.63) is 62.5 Å². The highest BCUT2D eigenvalue weighted by Gasteiger charge is 2.15. The summed E-state index contributed by atoms with van der Waals surface area (Å²) in [6.07, 6.45) is 0. The van der Waals surface area contributed by atoms with Crippen LogP contribution in [0, 0.1) is 6.92 Å². The number of aromatic carboxylic acids is 1. The van der Waals surface area contributed by atoms with Crippen molar-refractivity contribution in [2.45, 2.75) is 16.7 Å². The van der Waals surface area contributed by atoms with Crippen LogP contribution in [-0.2, 0) is 0 Å². The largest absolute Gasteiger partial charge is 0.477 e. The van der Waals surface area contributed by atoms with Gasteiger partial charge in [0.1, 0.15) is 9.88 Å². The van der Waals surface area contributed by atoms with Gasteiger partial charge in [0, 0.05) is 24.8 Å². The van der Waals surface area contributed by atoms with Gasteiger partial charge in [0.25, 0.3) is 0 Å². The zero-order valence-electron chi connectivity index (χ0n) is 12.4. The number of halogens is 2. The van der Waals surface area contributed by atoms with E-state index in [2.05, 4.69) is 20.9 Å². The maximum atomic E-state index is 11.2. The fourth-order valence-corrected chi connectivity index (χ4v) is 4.53. The molecule has 0 aliphatic heterocycles. The summed E-state index contributed by atoms with van der Waals surface area (Å²) in [5.74, 6) is -0.940. The molecule has 24 heavy (non-hydrogen) atoms. The van der Waals surface area contributed by atoms with Gasteiger partial charge >= 0.3 is 5.97 Å². The molecule has 3 rings (SSSR count). The fourth-order valence-electron chi connectivity index (χ4n) is 2.06. The Hall–Kier alpha value is -1.34. The highest BCUT2D eigenvalue weighted by atomic mass is 79.9. The molecule has 0 saturated heterocycles. The van der Waals surface area contributed by atoms with E-state index in [0.29, 0.717) is 15.7 Å². The molecule has 0 aliphatic carbocycles. The average molecular weight is 441 g/mol. The van der Waals surface area contributed by atoms with Gasteiger partial charge in [-0.15, -0.1) is 11.3 Å². The van der Waals surface area contributed by atoms with Crippen LogP contribution in [0.4, 0.5) is 0 Å².